The lowest BCUT2D eigenvalue weighted by atomic mass is 10.2. The lowest BCUT2D eigenvalue weighted by Gasteiger charge is -2.33. The highest BCUT2D eigenvalue weighted by molar-refractivity contribution is 6.12. The predicted molar refractivity (Wildman–Crippen MR) is 268 cm³/mol. The van der Waals surface area contributed by atoms with E-state index in [-0.39, 0.29) is 52.3 Å². The van der Waals surface area contributed by atoms with Crippen molar-refractivity contribution < 1.29 is 37.7 Å². The van der Waals surface area contributed by atoms with E-state index in [1.165, 1.54) is 32.6 Å². The number of ether oxygens (including phenoxy) is 5. The summed E-state index contributed by atoms with van der Waals surface area (Å²) in [6.07, 6.45) is 3.14. The van der Waals surface area contributed by atoms with Crippen molar-refractivity contribution in [3.63, 3.8) is 0 Å². The summed E-state index contributed by atoms with van der Waals surface area (Å²) in [5, 5.41) is 28.9. The highest BCUT2D eigenvalue weighted by atomic mass is 16.5. The molecule has 0 spiro atoms. The van der Waals surface area contributed by atoms with Gasteiger partial charge in [0, 0.05) is 100.0 Å². The molecule has 0 unspecified atom stereocenters. The molecule has 7 heterocycles. The molecule has 1 fully saturated rings. The summed E-state index contributed by atoms with van der Waals surface area (Å²) < 4.78 is 36.8. The Morgan fingerprint density at radius 1 is 0.694 bits per heavy atom. The monoisotopic (exact) mass is 981 g/mol. The van der Waals surface area contributed by atoms with Crippen LogP contribution in [0.5, 0.6) is 35.0 Å². The lowest BCUT2D eigenvalue weighted by Crippen LogP contribution is -2.53. The number of furan rings is 1. The van der Waals surface area contributed by atoms with Gasteiger partial charge < -0.3 is 58.4 Å². The highest BCUT2D eigenvalue weighted by Gasteiger charge is 2.33. The molecule has 0 atom stereocenters. The summed E-state index contributed by atoms with van der Waals surface area (Å²) in [6, 6.07) is 21.7. The normalized spacial score (nSPS) is 12.2. The molecule has 0 saturated carbocycles. The molecular weight excluding hydrogens is 931 g/mol. The number of aromatic amines is 2. The van der Waals surface area contributed by atoms with Gasteiger partial charge in [0.15, 0.2) is 34.6 Å². The van der Waals surface area contributed by atoms with E-state index in [0.717, 1.165) is 34.7 Å². The van der Waals surface area contributed by atoms with E-state index in [4.69, 9.17) is 28.1 Å². The molecule has 1 aliphatic heterocycles. The van der Waals surface area contributed by atoms with Crippen LogP contribution in [0.25, 0.3) is 0 Å². The van der Waals surface area contributed by atoms with Gasteiger partial charge in [0.05, 0.1) is 39.4 Å². The number of rotatable bonds is 16. The standard InChI is InChI=1S/C47H51N17O8/c1-28-22-36(51-38-26-41(58-56-38)60(3)4)53-45(49-28)72-33-15-13-31(25-35(33)68-7)63(47(66)55-40-10-8-16-61(40)5)64(43-11-9-19-70-43)46(65)50-30-12-14-32(34(24-30)67-6)71-44-48-29(2)23-37(54-44)52-39-27-42(59-57-39)62-17-20-69-21-18-62/h8-16,19,22-27H,17-18,20-21H2,1-7H3,(H,50,65)(H,55,66)(H2,48,52,54,57,59)(H2,49,51,53,56,58). The first-order valence-corrected chi connectivity index (χ1v) is 22.3. The number of carbonyl (C=O) groups is 2. The van der Waals surface area contributed by atoms with Crippen molar-refractivity contribution >= 4 is 70.0 Å². The Balaban J connectivity index is 0.970. The largest absolute Gasteiger partial charge is 0.493 e. The third-order valence-electron chi connectivity index (χ3n) is 10.8. The van der Waals surface area contributed by atoms with Gasteiger partial charge in [-0.15, -0.1) is 0 Å². The van der Waals surface area contributed by atoms with E-state index in [1.54, 1.807) is 85.4 Å². The second-order valence-electron chi connectivity index (χ2n) is 16.2. The van der Waals surface area contributed by atoms with Crippen molar-refractivity contribution in [1.82, 2.24) is 44.9 Å². The predicted octanol–water partition coefficient (Wildman–Crippen LogP) is 7.94. The number of anilines is 10. The van der Waals surface area contributed by atoms with Gasteiger partial charge in [-0.05, 0) is 56.3 Å². The van der Waals surface area contributed by atoms with Gasteiger partial charge in [-0.1, -0.05) is 0 Å². The fourth-order valence-electron chi connectivity index (χ4n) is 7.34. The molecule has 4 amide bonds. The van der Waals surface area contributed by atoms with Crippen LogP contribution < -0.4 is 60.0 Å². The second kappa shape index (κ2) is 21.0. The molecule has 2 aromatic carbocycles. The number of morpholine rings is 1. The number of methoxy groups -OCH3 is 2. The van der Waals surface area contributed by atoms with Crippen molar-refractivity contribution in [2.45, 2.75) is 13.8 Å². The molecule has 9 rings (SSSR count). The Bertz CT molecular complexity index is 3170. The molecule has 8 aromatic rings. The molecule has 25 heteroatoms. The van der Waals surface area contributed by atoms with Crippen LogP contribution in [0.2, 0.25) is 0 Å². The summed E-state index contributed by atoms with van der Waals surface area (Å²) >= 11 is 0. The number of hydrazine groups is 1. The van der Waals surface area contributed by atoms with Crippen molar-refractivity contribution in [3.8, 4) is 35.0 Å². The number of aromatic nitrogens is 9. The number of aryl methyl sites for hydroxylation is 3. The molecule has 25 nitrogen and oxygen atoms in total. The van der Waals surface area contributed by atoms with Gasteiger partial charge in [0.25, 0.3) is 0 Å². The van der Waals surface area contributed by atoms with Gasteiger partial charge in [-0.3, -0.25) is 15.5 Å². The van der Waals surface area contributed by atoms with Crippen molar-refractivity contribution in [1.29, 1.82) is 0 Å². The molecule has 72 heavy (non-hydrogen) atoms. The topological polar surface area (TPSA) is 268 Å². The molecule has 0 bridgehead atoms. The molecule has 1 saturated heterocycles. The number of hydrogen-bond acceptors (Lipinski definition) is 18. The minimum atomic E-state index is -0.807. The Hall–Kier alpha value is -9.52. The van der Waals surface area contributed by atoms with Crippen molar-refractivity contribution in [2.75, 3.05) is 95.7 Å². The molecule has 1 aliphatic rings. The third-order valence-corrected chi connectivity index (χ3v) is 10.8. The molecule has 0 aliphatic carbocycles. The maximum atomic E-state index is 14.7. The summed E-state index contributed by atoms with van der Waals surface area (Å²) in [5.41, 5.74) is 1.68. The molecular formula is C47H51N17O8. The summed E-state index contributed by atoms with van der Waals surface area (Å²) in [6.45, 7) is 6.37. The van der Waals surface area contributed by atoms with Gasteiger partial charge in [0.2, 0.25) is 5.88 Å². The van der Waals surface area contributed by atoms with Crippen molar-refractivity contribution in [3.05, 3.63) is 109 Å². The molecule has 0 radical (unpaired) electrons. The number of benzene rings is 2. The van der Waals surface area contributed by atoms with Crippen LogP contribution in [0.4, 0.5) is 67.6 Å². The Morgan fingerprint density at radius 2 is 1.33 bits per heavy atom. The van der Waals surface area contributed by atoms with Gasteiger partial charge in [-0.25, -0.2) is 19.6 Å². The van der Waals surface area contributed by atoms with Gasteiger partial charge >= 0.3 is 24.1 Å². The maximum absolute atomic E-state index is 14.7. The quantitative estimate of drug-likeness (QED) is 0.0501. The van der Waals surface area contributed by atoms with E-state index in [9.17, 15) is 9.59 Å². The zero-order valence-electron chi connectivity index (χ0n) is 40.3. The van der Waals surface area contributed by atoms with Crippen LogP contribution in [0.3, 0.4) is 0 Å². The number of hydrogen-bond donors (Lipinski definition) is 6. The minimum absolute atomic E-state index is 0.00873. The number of nitrogens with zero attached hydrogens (tertiary/aromatic N) is 11. The minimum Gasteiger partial charge on any atom is -0.493 e. The Kier molecular flexibility index (Phi) is 13.9. The van der Waals surface area contributed by atoms with Crippen LogP contribution in [0.15, 0.2) is 102 Å². The van der Waals surface area contributed by atoms with Crippen LogP contribution in [0, 0.1) is 13.8 Å². The number of amides is 4. The van der Waals surface area contributed by atoms with Crippen LogP contribution in [-0.2, 0) is 11.8 Å². The molecule has 372 valence electrons. The lowest BCUT2D eigenvalue weighted by molar-refractivity contribution is 0.122. The first-order valence-electron chi connectivity index (χ1n) is 22.3. The van der Waals surface area contributed by atoms with Gasteiger partial charge in [0.1, 0.15) is 29.1 Å². The van der Waals surface area contributed by atoms with E-state index < -0.39 is 12.1 Å². The van der Waals surface area contributed by atoms with Crippen LogP contribution in [0.1, 0.15) is 11.4 Å². The van der Waals surface area contributed by atoms with Crippen molar-refractivity contribution in [2.24, 2.45) is 7.05 Å². The number of carbonyl (C=O) groups excluding carboxylic acids is 2. The van der Waals surface area contributed by atoms with Crippen LogP contribution in [-0.4, -0.2) is 112 Å². The first-order chi connectivity index (χ1) is 34.9. The van der Waals surface area contributed by atoms with Gasteiger partial charge in [-0.2, -0.15) is 30.2 Å². The Labute approximate surface area is 412 Å². The van der Waals surface area contributed by atoms with E-state index in [0.29, 0.717) is 53.7 Å². The molecule has 6 N–H and O–H groups in total. The summed E-state index contributed by atoms with van der Waals surface area (Å²) in [5.74, 6) is 4.95. The smallest absolute Gasteiger partial charge is 0.348 e. The average Bonchev–Trinajstić information content (AvgIpc) is 4.22. The van der Waals surface area contributed by atoms with E-state index in [1.807, 2.05) is 38.1 Å². The number of H-pyrrole nitrogens is 2. The average molecular weight is 982 g/mol. The summed E-state index contributed by atoms with van der Waals surface area (Å²) in [7, 11) is 8.43. The first kappa shape index (κ1) is 47.5. The molecule has 6 aromatic heterocycles. The fourth-order valence-corrected chi connectivity index (χ4v) is 7.34. The van der Waals surface area contributed by atoms with Crippen LogP contribution >= 0.6 is 0 Å². The fraction of sp³-hybridized carbons (Fsp3) is 0.234. The number of urea groups is 2. The maximum Gasteiger partial charge on any atom is 0.348 e. The highest BCUT2D eigenvalue weighted by Crippen LogP contribution is 2.38. The second-order valence-corrected chi connectivity index (χ2v) is 16.2. The zero-order valence-corrected chi connectivity index (χ0v) is 40.3. The Morgan fingerprint density at radius 3 is 1.94 bits per heavy atom. The van der Waals surface area contributed by atoms with E-state index in [2.05, 4.69) is 66.5 Å². The number of nitrogens with one attached hydrogen (secondary N) is 6. The SMILES string of the molecule is COc1cc(N(C(=O)Nc2cccn2C)N(C(=O)Nc2ccc(Oc3nc(C)cc(Nc4cc(N5CCOCC5)n[nH]4)n3)c(OC)c2)c2ccco2)ccc1Oc1nc(C)cc(Nc2cc(N(C)C)n[nH]2)n1. The zero-order chi connectivity index (χ0) is 50.3. The third kappa shape index (κ3) is 11.0. The van der Waals surface area contributed by atoms with E-state index >= 15 is 0 Å². The summed E-state index contributed by atoms with van der Waals surface area (Å²) in [4.78, 5) is 51.3.